The maximum atomic E-state index is 13.3. The number of benzene rings is 3. The smallest absolute Gasteiger partial charge is 0.274 e. The normalized spacial score (nSPS) is 13.0. The first-order valence-corrected chi connectivity index (χ1v) is 14.9. The Bertz CT molecular complexity index is 1760. The molecule has 3 aromatic carbocycles. The summed E-state index contributed by atoms with van der Waals surface area (Å²) in [7, 11) is -1.89. The van der Waals surface area contributed by atoms with Gasteiger partial charge in [0.05, 0.1) is 15.6 Å². The Hall–Kier alpha value is -4.57. The Morgan fingerprint density at radius 1 is 0.976 bits per heavy atom. The summed E-state index contributed by atoms with van der Waals surface area (Å²) >= 11 is 0. The lowest BCUT2D eigenvalue weighted by Crippen LogP contribution is -2.16. The van der Waals surface area contributed by atoms with Crippen molar-refractivity contribution in [1.82, 2.24) is 4.98 Å². The van der Waals surface area contributed by atoms with Crippen molar-refractivity contribution >= 4 is 32.8 Å². The maximum absolute atomic E-state index is 13.3. The van der Waals surface area contributed by atoms with Crippen LogP contribution in [0.15, 0.2) is 77.8 Å². The number of nitrogens with one attached hydrogen (secondary N) is 2. The first-order valence-electron chi connectivity index (χ1n) is 13.2. The minimum Gasteiger partial charge on any atom is -0.388 e. The summed E-state index contributed by atoms with van der Waals surface area (Å²) in [5, 5.41) is 17.1. The number of amides is 1. The number of nitro groups is 1. The Labute approximate surface area is 238 Å². The molecule has 0 atom stereocenters. The molecule has 1 amide bonds. The van der Waals surface area contributed by atoms with Crippen LogP contribution in [0.5, 0.6) is 0 Å². The Morgan fingerprint density at radius 3 is 2.17 bits per heavy atom. The average molecular weight is 571 g/mol. The van der Waals surface area contributed by atoms with Gasteiger partial charge < -0.3 is 10.6 Å². The number of sulfone groups is 1. The minimum atomic E-state index is -3.78. The van der Waals surface area contributed by atoms with Crippen LogP contribution in [-0.4, -0.2) is 31.3 Å². The van der Waals surface area contributed by atoms with E-state index in [0.29, 0.717) is 11.3 Å². The number of carbonyl (C=O) groups is 1. The van der Waals surface area contributed by atoms with Gasteiger partial charge in [-0.2, -0.15) is 0 Å². The van der Waals surface area contributed by atoms with Crippen LogP contribution in [0, 0.1) is 24.0 Å². The van der Waals surface area contributed by atoms with E-state index in [4.69, 9.17) is 0 Å². The highest BCUT2D eigenvalue weighted by Crippen LogP contribution is 2.42. The van der Waals surface area contributed by atoms with E-state index in [-0.39, 0.29) is 33.9 Å². The highest BCUT2D eigenvalue weighted by molar-refractivity contribution is 7.90. The van der Waals surface area contributed by atoms with Gasteiger partial charge in [0.25, 0.3) is 11.6 Å². The first-order chi connectivity index (χ1) is 19.6. The van der Waals surface area contributed by atoms with Gasteiger partial charge in [0, 0.05) is 36.8 Å². The SMILES string of the molecule is CNc1cccc(-c2cccc(NC(=O)c3cc(C4CC4)c(CS(=O)(=O)c4ccc([N+](=O)[O-])cc4)cn3)c2C)c1C. The molecule has 41 heavy (non-hydrogen) atoms. The molecule has 1 aliphatic rings. The monoisotopic (exact) mass is 570 g/mol. The molecular weight excluding hydrogens is 540 g/mol. The number of nitro benzene ring substituents is 1. The Kier molecular flexibility index (Phi) is 7.59. The van der Waals surface area contributed by atoms with E-state index < -0.39 is 14.8 Å². The molecule has 0 aliphatic heterocycles. The molecule has 1 heterocycles. The average Bonchev–Trinajstić information content (AvgIpc) is 3.80. The molecule has 9 nitrogen and oxygen atoms in total. The number of anilines is 2. The van der Waals surface area contributed by atoms with Gasteiger partial charge >= 0.3 is 0 Å². The van der Waals surface area contributed by atoms with Gasteiger partial charge in [-0.1, -0.05) is 24.3 Å². The number of hydrogen-bond acceptors (Lipinski definition) is 7. The molecule has 0 saturated heterocycles. The summed E-state index contributed by atoms with van der Waals surface area (Å²) in [5.41, 5.74) is 7.16. The van der Waals surface area contributed by atoms with Gasteiger partial charge in [-0.05, 0) is 96.3 Å². The van der Waals surface area contributed by atoms with Crippen LogP contribution in [0.4, 0.5) is 17.1 Å². The molecule has 1 saturated carbocycles. The first kappa shape index (κ1) is 28.0. The molecule has 1 aromatic heterocycles. The summed E-state index contributed by atoms with van der Waals surface area (Å²) in [6, 6.07) is 18.4. The third-order valence-electron chi connectivity index (χ3n) is 7.50. The van der Waals surface area contributed by atoms with Crippen LogP contribution in [-0.2, 0) is 15.6 Å². The van der Waals surface area contributed by atoms with Gasteiger partial charge in [0.15, 0.2) is 9.84 Å². The molecule has 1 fully saturated rings. The van der Waals surface area contributed by atoms with Crippen LogP contribution in [0.3, 0.4) is 0 Å². The molecule has 0 bridgehead atoms. The zero-order valence-electron chi connectivity index (χ0n) is 23.0. The van der Waals surface area contributed by atoms with Gasteiger partial charge in [0.2, 0.25) is 0 Å². The number of non-ortho nitro benzene ring substituents is 1. The fraction of sp³-hybridized carbons (Fsp3) is 0.226. The van der Waals surface area contributed by atoms with Crippen molar-refractivity contribution in [3.05, 3.63) is 111 Å². The number of rotatable bonds is 9. The standard InChI is InChI=1S/C31H30N4O5S/c1-19-25(6-4-8-28(19)32-3)26-7-5-9-29(20(26)2)34-31(36)30-16-27(21-10-11-21)22(17-33-30)18-41(39,40)24-14-12-23(13-15-24)35(37)38/h4-9,12-17,21,32H,10-11,18H2,1-3H3,(H,34,36). The number of nitrogens with zero attached hydrogens (tertiary/aromatic N) is 2. The van der Waals surface area contributed by atoms with Crippen LogP contribution in [0.25, 0.3) is 11.1 Å². The molecule has 0 spiro atoms. The molecule has 2 N–H and O–H groups in total. The molecule has 1 aliphatic carbocycles. The lowest BCUT2D eigenvalue weighted by molar-refractivity contribution is -0.384. The Morgan fingerprint density at radius 2 is 1.59 bits per heavy atom. The van der Waals surface area contributed by atoms with E-state index in [1.807, 2.05) is 44.3 Å². The van der Waals surface area contributed by atoms with Crippen molar-refractivity contribution in [2.24, 2.45) is 0 Å². The van der Waals surface area contributed by atoms with Gasteiger partial charge in [-0.3, -0.25) is 19.9 Å². The third kappa shape index (κ3) is 5.83. The summed E-state index contributed by atoms with van der Waals surface area (Å²) in [6.07, 6.45) is 3.27. The Balaban J connectivity index is 1.40. The van der Waals surface area contributed by atoms with Crippen LogP contribution < -0.4 is 10.6 Å². The zero-order chi connectivity index (χ0) is 29.3. The van der Waals surface area contributed by atoms with Crippen LogP contribution >= 0.6 is 0 Å². The van der Waals surface area contributed by atoms with Gasteiger partial charge in [0.1, 0.15) is 5.69 Å². The largest absolute Gasteiger partial charge is 0.388 e. The predicted molar refractivity (Wildman–Crippen MR) is 159 cm³/mol. The number of hydrogen-bond donors (Lipinski definition) is 2. The van der Waals surface area contributed by atoms with Gasteiger partial charge in [-0.25, -0.2) is 8.42 Å². The lowest BCUT2D eigenvalue weighted by Gasteiger charge is -2.16. The van der Waals surface area contributed by atoms with E-state index in [1.165, 1.54) is 30.5 Å². The fourth-order valence-corrected chi connectivity index (χ4v) is 6.40. The lowest BCUT2D eigenvalue weighted by atomic mass is 9.94. The van der Waals surface area contributed by atoms with Crippen molar-refractivity contribution in [3.63, 3.8) is 0 Å². The second-order valence-corrected chi connectivity index (χ2v) is 12.2. The van der Waals surface area contributed by atoms with Crippen LogP contribution in [0.1, 0.15) is 51.5 Å². The highest BCUT2D eigenvalue weighted by atomic mass is 32.2. The molecule has 5 rings (SSSR count). The van der Waals surface area contributed by atoms with Crippen LogP contribution in [0.2, 0.25) is 0 Å². The summed E-state index contributed by atoms with van der Waals surface area (Å²) in [6.45, 7) is 4.02. The second-order valence-electron chi connectivity index (χ2n) is 10.2. The van der Waals surface area contributed by atoms with E-state index in [9.17, 15) is 23.3 Å². The van der Waals surface area contributed by atoms with E-state index in [0.717, 1.165) is 46.3 Å². The molecule has 210 valence electrons. The van der Waals surface area contributed by atoms with Crippen molar-refractivity contribution < 1.29 is 18.1 Å². The van der Waals surface area contributed by atoms with Crippen molar-refractivity contribution in [2.75, 3.05) is 17.7 Å². The second kappa shape index (κ2) is 11.1. The highest BCUT2D eigenvalue weighted by Gasteiger charge is 2.30. The summed E-state index contributed by atoms with van der Waals surface area (Å²) in [5.74, 6) is -0.519. The minimum absolute atomic E-state index is 0.00230. The molecule has 4 aromatic rings. The topological polar surface area (TPSA) is 131 Å². The number of pyridine rings is 1. The van der Waals surface area contributed by atoms with Crippen molar-refractivity contribution in [1.29, 1.82) is 0 Å². The van der Waals surface area contributed by atoms with Gasteiger partial charge in [-0.15, -0.1) is 0 Å². The predicted octanol–water partition coefficient (Wildman–Crippen LogP) is 6.42. The van der Waals surface area contributed by atoms with E-state index in [2.05, 4.69) is 28.6 Å². The van der Waals surface area contributed by atoms with E-state index >= 15 is 0 Å². The molecular formula is C31H30N4O5S. The maximum Gasteiger partial charge on any atom is 0.274 e. The quantitative estimate of drug-likeness (QED) is 0.175. The zero-order valence-corrected chi connectivity index (χ0v) is 23.8. The molecule has 0 radical (unpaired) electrons. The van der Waals surface area contributed by atoms with Crippen molar-refractivity contribution in [2.45, 2.75) is 43.3 Å². The number of carbonyl (C=O) groups excluding carboxylic acids is 1. The number of aromatic nitrogens is 1. The molecule has 10 heteroatoms. The van der Waals surface area contributed by atoms with E-state index in [1.54, 1.807) is 6.07 Å². The fourth-order valence-electron chi connectivity index (χ4n) is 5.03. The summed E-state index contributed by atoms with van der Waals surface area (Å²) in [4.78, 5) is 28.0. The molecule has 0 unspecified atom stereocenters. The third-order valence-corrected chi connectivity index (χ3v) is 9.18. The van der Waals surface area contributed by atoms with Crippen molar-refractivity contribution in [3.8, 4) is 11.1 Å². The summed E-state index contributed by atoms with van der Waals surface area (Å²) < 4.78 is 26.2.